The molecule has 0 N–H and O–H groups in total. The van der Waals surface area contributed by atoms with Gasteiger partial charge in [0.1, 0.15) is 0 Å². The molecule has 2 nitrogen and oxygen atoms in total. The van der Waals surface area contributed by atoms with Crippen LogP contribution in [0.2, 0.25) is 0 Å². The molecule has 0 radical (unpaired) electrons. The topological polar surface area (TPSA) is 24.7 Å². The van der Waals surface area contributed by atoms with Crippen molar-refractivity contribution in [1.29, 1.82) is 0 Å². The Morgan fingerprint density at radius 3 is 2.77 bits per heavy atom. The summed E-state index contributed by atoms with van der Waals surface area (Å²) < 4.78 is 0. The van der Waals surface area contributed by atoms with Crippen LogP contribution in [0.3, 0.4) is 0 Å². The Hall–Kier alpha value is -1.18. The Balaban J connectivity index is 2.34. The predicted octanol–water partition coefficient (Wildman–Crippen LogP) is 3.20. The fourth-order valence-electron chi connectivity index (χ4n) is 1.81. The molecule has 1 aliphatic rings. The highest BCUT2D eigenvalue weighted by molar-refractivity contribution is 5.33. The van der Waals surface area contributed by atoms with Crippen LogP contribution >= 0.6 is 0 Å². The van der Waals surface area contributed by atoms with Crippen LogP contribution in [-0.4, -0.2) is 6.54 Å². The second-order valence-electron chi connectivity index (χ2n) is 3.65. The molecule has 0 amide bonds. The van der Waals surface area contributed by atoms with Crippen LogP contribution in [0, 0.1) is 13.8 Å². The lowest BCUT2D eigenvalue weighted by atomic mass is 9.98. The molecule has 0 saturated heterocycles. The maximum atomic E-state index is 4.22. The van der Waals surface area contributed by atoms with Gasteiger partial charge < -0.3 is 0 Å². The van der Waals surface area contributed by atoms with Crippen LogP contribution in [-0.2, 0) is 0 Å². The number of hydrogen-bond donors (Lipinski definition) is 0. The fourth-order valence-corrected chi connectivity index (χ4v) is 1.81. The van der Waals surface area contributed by atoms with Gasteiger partial charge in [-0.05, 0) is 31.4 Å². The summed E-state index contributed by atoms with van der Waals surface area (Å²) in [4.78, 5) is 0. The maximum Gasteiger partial charge on any atom is 0.0978 e. The molecule has 1 aromatic rings. The zero-order valence-corrected chi connectivity index (χ0v) is 8.12. The van der Waals surface area contributed by atoms with Crippen LogP contribution < -0.4 is 0 Å². The number of benzene rings is 1. The Kier molecular flexibility index (Phi) is 2.13. The van der Waals surface area contributed by atoms with Crippen molar-refractivity contribution in [1.82, 2.24) is 0 Å². The smallest absolute Gasteiger partial charge is 0.0978 e. The van der Waals surface area contributed by atoms with E-state index in [1.54, 1.807) is 0 Å². The molecule has 1 atom stereocenters. The van der Waals surface area contributed by atoms with E-state index in [4.69, 9.17) is 0 Å². The number of rotatable bonds is 1. The van der Waals surface area contributed by atoms with Crippen molar-refractivity contribution in [3.8, 4) is 0 Å². The highest BCUT2D eigenvalue weighted by Crippen LogP contribution is 2.28. The first-order valence-electron chi connectivity index (χ1n) is 4.71. The van der Waals surface area contributed by atoms with E-state index < -0.39 is 0 Å². The summed E-state index contributed by atoms with van der Waals surface area (Å²) in [5.41, 5.74) is 3.99. The maximum absolute atomic E-state index is 4.22. The Morgan fingerprint density at radius 2 is 2.15 bits per heavy atom. The van der Waals surface area contributed by atoms with E-state index in [-0.39, 0.29) is 0 Å². The van der Waals surface area contributed by atoms with Gasteiger partial charge in [0.2, 0.25) is 0 Å². The zero-order chi connectivity index (χ0) is 9.26. The molecular formula is C11H14N2. The summed E-state index contributed by atoms with van der Waals surface area (Å²) in [5.74, 6) is 0. The molecule has 1 heterocycles. The molecule has 13 heavy (non-hydrogen) atoms. The number of aryl methyl sites for hydroxylation is 2. The summed E-state index contributed by atoms with van der Waals surface area (Å²) in [6.45, 7) is 5.15. The quantitative estimate of drug-likeness (QED) is 0.624. The van der Waals surface area contributed by atoms with Gasteiger partial charge in [-0.2, -0.15) is 10.2 Å². The van der Waals surface area contributed by atoms with Crippen molar-refractivity contribution in [3.63, 3.8) is 0 Å². The third-order valence-corrected chi connectivity index (χ3v) is 2.51. The predicted molar refractivity (Wildman–Crippen MR) is 53.0 cm³/mol. The van der Waals surface area contributed by atoms with Gasteiger partial charge in [0.15, 0.2) is 0 Å². The first-order chi connectivity index (χ1) is 6.27. The zero-order valence-electron chi connectivity index (χ0n) is 8.12. The highest BCUT2D eigenvalue weighted by Gasteiger charge is 2.15. The molecule has 1 aromatic carbocycles. The van der Waals surface area contributed by atoms with Crippen LogP contribution in [0.4, 0.5) is 0 Å². The van der Waals surface area contributed by atoms with Crippen molar-refractivity contribution < 1.29 is 0 Å². The SMILES string of the molecule is Cc1ccc(C2CCN=N2)c(C)c1. The second kappa shape index (κ2) is 3.29. The van der Waals surface area contributed by atoms with Gasteiger partial charge in [-0.25, -0.2) is 0 Å². The Labute approximate surface area is 78.7 Å². The van der Waals surface area contributed by atoms with Crippen molar-refractivity contribution in [3.05, 3.63) is 34.9 Å². The van der Waals surface area contributed by atoms with Crippen molar-refractivity contribution in [2.75, 3.05) is 6.54 Å². The minimum absolute atomic E-state index is 0.320. The van der Waals surface area contributed by atoms with Gasteiger partial charge >= 0.3 is 0 Å². The van der Waals surface area contributed by atoms with E-state index in [9.17, 15) is 0 Å². The Morgan fingerprint density at radius 1 is 1.31 bits per heavy atom. The van der Waals surface area contributed by atoms with E-state index in [0.717, 1.165) is 13.0 Å². The van der Waals surface area contributed by atoms with Crippen LogP contribution in [0.5, 0.6) is 0 Å². The number of azo groups is 1. The standard InChI is InChI=1S/C11H14N2/c1-8-3-4-10(9(2)7-8)11-5-6-12-13-11/h3-4,7,11H,5-6H2,1-2H3. The van der Waals surface area contributed by atoms with Gasteiger partial charge in [-0.15, -0.1) is 0 Å². The van der Waals surface area contributed by atoms with E-state index in [2.05, 4.69) is 42.3 Å². The number of nitrogens with zero attached hydrogens (tertiary/aromatic N) is 2. The minimum Gasteiger partial charge on any atom is -0.193 e. The molecule has 0 saturated carbocycles. The summed E-state index contributed by atoms with van der Waals surface area (Å²) >= 11 is 0. The van der Waals surface area contributed by atoms with Crippen molar-refractivity contribution >= 4 is 0 Å². The third kappa shape index (κ3) is 1.62. The third-order valence-electron chi connectivity index (χ3n) is 2.51. The molecule has 0 aromatic heterocycles. The van der Waals surface area contributed by atoms with E-state index in [0.29, 0.717) is 6.04 Å². The van der Waals surface area contributed by atoms with Gasteiger partial charge in [-0.1, -0.05) is 23.8 Å². The first kappa shape index (κ1) is 8.42. The molecule has 0 fully saturated rings. The monoisotopic (exact) mass is 174 g/mol. The molecule has 1 aliphatic heterocycles. The molecule has 0 bridgehead atoms. The lowest BCUT2D eigenvalue weighted by Gasteiger charge is -2.09. The Bertz CT molecular complexity index is 342. The van der Waals surface area contributed by atoms with Gasteiger partial charge in [0.05, 0.1) is 12.6 Å². The van der Waals surface area contributed by atoms with Crippen LogP contribution in [0.25, 0.3) is 0 Å². The summed E-state index contributed by atoms with van der Waals surface area (Å²) in [6, 6.07) is 6.86. The molecule has 2 rings (SSSR count). The first-order valence-corrected chi connectivity index (χ1v) is 4.71. The molecule has 1 unspecified atom stereocenters. The van der Waals surface area contributed by atoms with E-state index >= 15 is 0 Å². The normalized spacial score (nSPS) is 20.9. The highest BCUT2D eigenvalue weighted by atomic mass is 15.2. The lowest BCUT2D eigenvalue weighted by molar-refractivity contribution is 0.735. The minimum atomic E-state index is 0.320. The van der Waals surface area contributed by atoms with Crippen LogP contribution in [0.15, 0.2) is 28.4 Å². The number of hydrogen-bond acceptors (Lipinski definition) is 2. The van der Waals surface area contributed by atoms with Crippen LogP contribution in [0.1, 0.15) is 29.2 Å². The lowest BCUT2D eigenvalue weighted by Crippen LogP contribution is -1.95. The van der Waals surface area contributed by atoms with Crippen molar-refractivity contribution in [2.45, 2.75) is 26.3 Å². The molecule has 0 aliphatic carbocycles. The molecule has 68 valence electrons. The molecular weight excluding hydrogens is 160 g/mol. The summed E-state index contributed by atoms with van der Waals surface area (Å²) in [6.07, 6.45) is 1.07. The summed E-state index contributed by atoms with van der Waals surface area (Å²) in [5, 5.41) is 8.25. The van der Waals surface area contributed by atoms with Gasteiger partial charge in [-0.3, -0.25) is 0 Å². The molecule has 0 spiro atoms. The second-order valence-corrected chi connectivity index (χ2v) is 3.65. The fraction of sp³-hybridized carbons (Fsp3) is 0.455. The van der Waals surface area contributed by atoms with E-state index in [1.165, 1.54) is 16.7 Å². The average Bonchev–Trinajstić information content (AvgIpc) is 2.56. The largest absolute Gasteiger partial charge is 0.193 e. The summed E-state index contributed by atoms with van der Waals surface area (Å²) in [7, 11) is 0. The van der Waals surface area contributed by atoms with Gasteiger partial charge in [0, 0.05) is 0 Å². The molecule has 2 heteroatoms. The van der Waals surface area contributed by atoms with Crippen molar-refractivity contribution in [2.24, 2.45) is 10.2 Å². The van der Waals surface area contributed by atoms with E-state index in [1.807, 2.05) is 0 Å². The average molecular weight is 174 g/mol. The van der Waals surface area contributed by atoms with Gasteiger partial charge in [0.25, 0.3) is 0 Å².